The molecule has 2 heterocycles. The maximum absolute atomic E-state index is 14.7. The molecule has 4 atom stereocenters. The Labute approximate surface area is 230 Å². The Balaban J connectivity index is 1.53. The van der Waals surface area contributed by atoms with Crippen molar-refractivity contribution in [3.63, 3.8) is 0 Å². The quantitative estimate of drug-likeness (QED) is 0.137. The van der Waals surface area contributed by atoms with Crippen LogP contribution in [-0.2, 0) is 30.0 Å². The summed E-state index contributed by atoms with van der Waals surface area (Å²) in [5, 5.41) is 22.1. The molecule has 0 spiro atoms. The second-order valence-corrected chi connectivity index (χ2v) is 12.1. The molecule has 1 N–H and O–H groups in total. The highest BCUT2D eigenvalue weighted by atomic mass is 31.2. The number of non-ortho nitro benzene ring substituents is 1. The summed E-state index contributed by atoms with van der Waals surface area (Å²) in [6.07, 6.45) is -0.969. The average molecular weight is 563 g/mol. The Morgan fingerprint density at radius 2 is 1.57 bits per heavy atom. The topological polar surface area (TPSA) is 136 Å². The van der Waals surface area contributed by atoms with Crippen LogP contribution in [0.1, 0.15) is 19.4 Å². The Bertz CT molecular complexity index is 1480. The van der Waals surface area contributed by atoms with E-state index in [1.807, 2.05) is 0 Å². The highest BCUT2D eigenvalue weighted by molar-refractivity contribution is 7.74. The van der Waals surface area contributed by atoms with Gasteiger partial charge in [0.1, 0.15) is 12.4 Å². The average Bonchev–Trinajstić information content (AvgIpc) is 3.20. The lowest BCUT2D eigenvalue weighted by molar-refractivity contribution is -0.384. The first-order valence-corrected chi connectivity index (χ1v) is 14.3. The van der Waals surface area contributed by atoms with Crippen molar-refractivity contribution in [2.45, 2.75) is 32.6 Å². The van der Waals surface area contributed by atoms with Gasteiger partial charge in [0.25, 0.3) is 5.69 Å². The maximum atomic E-state index is 14.7. The van der Waals surface area contributed by atoms with E-state index in [0.29, 0.717) is 16.2 Å². The molecule has 11 heteroatoms. The predicted molar refractivity (Wildman–Crippen MR) is 146 cm³/mol. The zero-order valence-corrected chi connectivity index (χ0v) is 22.6. The van der Waals surface area contributed by atoms with Crippen LogP contribution < -0.4 is 10.6 Å². The van der Waals surface area contributed by atoms with Crippen LogP contribution >= 0.6 is 7.37 Å². The van der Waals surface area contributed by atoms with Gasteiger partial charge in [-0.2, -0.15) is 0 Å². The molecule has 5 rings (SSSR count). The van der Waals surface area contributed by atoms with E-state index in [0.717, 1.165) is 0 Å². The highest BCUT2D eigenvalue weighted by Crippen LogP contribution is 2.55. The van der Waals surface area contributed by atoms with E-state index >= 15 is 0 Å². The minimum Gasteiger partial charge on any atom is -0.456 e. The first kappa shape index (κ1) is 27.3. The first-order chi connectivity index (χ1) is 19.1. The van der Waals surface area contributed by atoms with Gasteiger partial charge in [0.15, 0.2) is 5.70 Å². The van der Waals surface area contributed by atoms with Crippen LogP contribution in [0.2, 0.25) is 0 Å². The van der Waals surface area contributed by atoms with E-state index in [2.05, 4.69) is 0 Å². The third-order valence-electron chi connectivity index (χ3n) is 7.24. The number of benzene rings is 3. The Hall–Kier alpha value is -4.27. The van der Waals surface area contributed by atoms with E-state index in [-0.39, 0.29) is 23.8 Å². The number of nitro groups is 1. The van der Waals surface area contributed by atoms with Crippen molar-refractivity contribution in [3.05, 3.63) is 112 Å². The molecule has 0 aliphatic carbocycles. The SMILES string of the molecule is CC(O)[C@H]1C(=O)N2C(C(=O)OCc3ccc([N+](=O)[O-])cc3)=C(OP(=O)(c3ccccc3)c3ccccc3)[C@H](C)[C@H]12. The summed E-state index contributed by atoms with van der Waals surface area (Å²) in [7, 11) is -3.80. The number of esters is 1. The number of fused-ring (bicyclic) bond motifs is 1. The summed E-state index contributed by atoms with van der Waals surface area (Å²) in [6.45, 7) is 3.05. The Kier molecular flexibility index (Phi) is 7.31. The molecular weight excluding hydrogens is 535 g/mol. The summed E-state index contributed by atoms with van der Waals surface area (Å²) in [5.74, 6) is -2.61. The fourth-order valence-electron chi connectivity index (χ4n) is 5.21. The molecule has 1 saturated heterocycles. The third kappa shape index (κ3) is 4.69. The molecule has 1 fully saturated rings. The zero-order valence-electron chi connectivity index (χ0n) is 21.7. The molecule has 0 bridgehead atoms. The van der Waals surface area contributed by atoms with Gasteiger partial charge in [-0.25, -0.2) is 4.79 Å². The summed E-state index contributed by atoms with van der Waals surface area (Å²) < 4.78 is 26.5. The number of β-lactam (4-membered cyclic amide) rings is 1. The molecule has 2 aliphatic rings. The van der Waals surface area contributed by atoms with Crippen molar-refractivity contribution in [2.75, 3.05) is 0 Å². The van der Waals surface area contributed by atoms with Crippen molar-refractivity contribution in [2.24, 2.45) is 11.8 Å². The maximum Gasteiger partial charge on any atom is 0.358 e. The predicted octanol–water partition coefficient (Wildman–Crippen LogP) is 3.65. The van der Waals surface area contributed by atoms with E-state index in [9.17, 15) is 29.4 Å². The van der Waals surface area contributed by atoms with Gasteiger partial charge in [0.05, 0.1) is 33.6 Å². The largest absolute Gasteiger partial charge is 0.456 e. The number of hydrogen-bond donors (Lipinski definition) is 1. The van der Waals surface area contributed by atoms with E-state index in [1.54, 1.807) is 67.6 Å². The summed E-state index contributed by atoms with van der Waals surface area (Å²) in [6, 6.07) is 22.2. The molecule has 1 unspecified atom stereocenters. The molecule has 3 aromatic carbocycles. The molecule has 10 nitrogen and oxygen atoms in total. The van der Waals surface area contributed by atoms with Crippen molar-refractivity contribution in [3.8, 4) is 0 Å². The summed E-state index contributed by atoms with van der Waals surface area (Å²) in [4.78, 5) is 38.3. The van der Waals surface area contributed by atoms with Crippen molar-refractivity contribution >= 4 is 35.5 Å². The van der Waals surface area contributed by atoms with Gasteiger partial charge in [0.2, 0.25) is 5.91 Å². The number of carbonyl (C=O) groups excluding carboxylic acids is 2. The van der Waals surface area contributed by atoms with Gasteiger partial charge in [-0.15, -0.1) is 0 Å². The van der Waals surface area contributed by atoms with E-state index in [1.165, 1.54) is 36.1 Å². The smallest absolute Gasteiger partial charge is 0.358 e. The van der Waals surface area contributed by atoms with Gasteiger partial charge < -0.3 is 14.4 Å². The normalized spacial score (nSPS) is 20.9. The fraction of sp³-hybridized carbons (Fsp3) is 0.241. The standard InChI is InChI=1S/C29H27N2O8P/c1-18-25-24(19(2)32)28(33)30(25)26(29(34)38-17-20-13-15-21(16-14-20)31(35)36)27(18)39-40(37,22-9-5-3-6-10-22)23-11-7-4-8-12-23/h3-16,18-19,24-25,32H,17H2,1-2H3/t18-,19?,24-,25-/m1/s1. The van der Waals surface area contributed by atoms with E-state index < -0.39 is 48.2 Å². The molecule has 1 amide bonds. The van der Waals surface area contributed by atoms with Crippen molar-refractivity contribution in [1.82, 2.24) is 4.90 Å². The number of amides is 1. The number of ether oxygens (including phenoxy) is 1. The lowest BCUT2D eigenvalue weighted by atomic mass is 9.79. The number of aliphatic hydroxyl groups excluding tert-OH is 1. The van der Waals surface area contributed by atoms with Gasteiger partial charge in [-0.1, -0.05) is 43.3 Å². The van der Waals surface area contributed by atoms with Crippen LogP contribution in [0, 0.1) is 22.0 Å². The fourth-order valence-corrected chi connectivity index (χ4v) is 7.37. The van der Waals surface area contributed by atoms with Crippen LogP contribution in [0.3, 0.4) is 0 Å². The highest BCUT2D eigenvalue weighted by Gasteiger charge is 2.61. The lowest BCUT2D eigenvalue weighted by Crippen LogP contribution is -2.63. The monoisotopic (exact) mass is 562 g/mol. The first-order valence-electron chi connectivity index (χ1n) is 12.7. The van der Waals surface area contributed by atoms with Crippen LogP contribution in [0.25, 0.3) is 0 Å². The van der Waals surface area contributed by atoms with E-state index in [4.69, 9.17) is 9.26 Å². The second-order valence-electron chi connectivity index (χ2n) is 9.78. The van der Waals surface area contributed by atoms with Gasteiger partial charge in [-0.05, 0) is 48.9 Å². The van der Waals surface area contributed by atoms with Gasteiger partial charge >= 0.3 is 13.3 Å². The van der Waals surface area contributed by atoms with Crippen LogP contribution in [0.5, 0.6) is 0 Å². The van der Waals surface area contributed by atoms with Crippen LogP contribution in [0.15, 0.2) is 96.4 Å². The number of rotatable bonds is 9. The van der Waals surface area contributed by atoms with Crippen LogP contribution in [0.4, 0.5) is 5.69 Å². The number of nitro benzene ring substituents is 1. The molecule has 2 aliphatic heterocycles. The summed E-state index contributed by atoms with van der Waals surface area (Å²) >= 11 is 0. The minimum atomic E-state index is -3.80. The molecule has 0 saturated carbocycles. The zero-order chi connectivity index (χ0) is 28.6. The molecule has 40 heavy (non-hydrogen) atoms. The van der Waals surface area contributed by atoms with Gasteiger partial charge in [-0.3, -0.25) is 24.4 Å². The number of hydrogen-bond acceptors (Lipinski definition) is 8. The molecule has 3 aromatic rings. The summed E-state index contributed by atoms with van der Waals surface area (Å²) in [5.41, 5.74) is 0.239. The second kappa shape index (κ2) is 10.7. The molecule has 206 valence electrons. The third-order valence-corrected chi connectivity index (χ3v) is 9.65. The lowest BCUT2D eigenvalue weighted by Gasteiger charge is -2.46. The van der Waals surface area contributed by atoms with Gasteiger partial charge in [0, 0.05) is 18.1 Å². The number of carbonyl (C=O) groups is 2. The minimum absolute atomic E-state index is 0.0474. The number of nitrogens with zero attached hydrogens (tertiary/aromatic N) is 2. The molecule has 0 aromatic heterocycles. The molecular formula is C29H27N2O8P. The van der Waals surface area contributed by atoms with Crippen molar-refractivity contribution in [1.29, 1.82) is 0 Å². The Morgan fingerprint density at radius 1 is 1.02 bits per heavy atom. The number of aliphatic hydroxyl groups is 1. The van der Waals surface area contributed by atoms with Crippen molar-refractivity contribution < 1.29 is 33.4 Å². The molecule has 0 radical (unpaired) electrons. The van der Waals surface area contributed by atoms with Crippen LogP contribution in [-0.4, -0.2) is 39.0 Å². The Morgan fingerprint density at radius 3 is 2.08 bits per heavy atom.